The monoisotopic (exact) mass is 440 g/mol. The minimum Gasteiger partial charge on any atom is -0.498 e. The molecule has 0 bridgehead atoms. The Morgan fingerprint density at radius 1 is 0.781 bits per heavy atom. The third kappa shape index (κ3) is 8.84. The van der Waals surface area contributed by atoms with Crippen molar-refractivity contribution in [2.75, 3.05) is 13.2 Å². The maximum Gasteiger partial charge on any atom is 0.338 e. The molecule has 0 radical (unpaired) electrons. The van der Waals surface area contributed by atoms with Crippen molar-refractivity contribution >= 4 is 11.9 Å². The molecule has 2 aromatic carbocycles. The van der Waals surface area contributed by atoms with Gasteiger partial charge in [-0.3, -0.25) is 4.79 Å². The van der Waals surface area contributed by atoms with Crippen molar-refractivity contribution in [1.29, 1.82) is 0 Å². The Morgan fingerprint density at radius 3 is 1.91 bits per heavy atom. The van der Waals surface area contributed by atoms with E-state index < -0.39 is 11.0 Å². The lowest BCUT2D eigenvalue weighted by molar-refractivity contribution is -0.144. The highest BCUT2D eigenvalue weighted by Crippen LogP contribution is 2.24. The zero-order chi connectivity index (χ0) is 23.5. The van der Waals surface area contributed by atoms with Gasteiger partial charge in [0, 0.05) is 6.42 Å². The van der Waals surface area contributed by atoms with Crippen molar-refractivity contribution < 1.29 is 28.5 Å². The summed E-state index contributed by atoms with van der Waals surface area (Å²) in [5.74, 6) is -0.139. The van der Waals surface area contributed by atoms with E-state index in [2.05, 4.69) is 0 Å². The number of hydrogen-bond donors (Lipinski definition) is 0. The number of benzene rings is 2. The van der Waals surface area contributed by atoms with E-state index in [0.717, 1.165) is 0 Å². The van der Waals surface area contributed by atoms with Crippen LogP contribution in [0.5, 0.6) is 5.75 Å². The lowest BCUT2D eigenvalue weighted by Gasteiger charge is -2.24. The average molecular weight is 441 g/mol. The van der Waals surface area contributed by atoms with E-state index in [1.54, 1.807) is 36.4 Å². The van der Waals surface area contributed by atoms with Crippen LogP contribution in [0.25, 0.3) is 0 Å². The van der Waals surface area contributed by atoms with Gasteiger partial charge >= 0.3 is 11.9 Å². The predicted octanol–water partition coefficient (Wildman–Crippen LogP) is 5.54. The molecule has 0 saturated carbocycles. The van der Waals surface area contributed by atoms with E-state index in [4.69, 9.17) is 18.9 Å². The highest BCUT2D eigenvalue weighted by atomic mass is 16.6. The molecule has 0 N–H and O–H groups in total. The molecule has 0 aliphatic rings. The minimum absolute atomic E-state index is 0.306. The maximum atomic E-state index is 12.3. The van der Waals surface area contributed by atoms with Gasteiger partial charge in [0.2, 0.25) is 0 Å². The van der Waals surface area contributed by atoms with Gasteiger partial charge in [0.15, 0.2) is 0 Å². The van der Waals surface area contributed by atoms with E-state index in [0.29, 0.717) is 37.4 Å². The lowest BCUT2D eigenvalue weighted by Crippen LogP contribution is -2.30. The van der Waals surface area contributed by atoms with Crippen molar-refractivity contribution in [2.24, 2.45) is 5.41 Å². The van der Waals surface area contributed by atoms with Crippen LogP contribution in [0.4, 0.5) is 0 Å². The Hall–Kier alpha value is -3.28. The summed E-state index contributed by atoms with van der Waals surface area (Å²) in [7, 11) is 0. The molecule has 0 heterocycles. The van der Waals surface area contributed by atoms with Gasteiger partial charge in [-0.25, -0.2) is 4.79 Å². The molecule has 6 heteroatoms. The fourth-order valence-corrected chi connectivity index (χ4v) is 2.60. The number of esters is 2. The van der Waals surface area contributed by atoms with Crippen LogP contribution in [0.3, 0.4) is 0 Å². The van der Waals surface area contributed by atoms with E-state index in [9.17, 15) is 9.59 Å². The van der Waals surface area contributed by atoms with E-state index in [-0.39, 0.29) is 11.9 Å². The summed E-state index contributed by atoms with van der Waals surface area (Å²) in [6.07, 6.45) is 3.91. The fourth-order valence-electron chi connectivity index (χ4n) is 2.60. The van der Waals surface area contributed by atoms with E-state index in [1.165, 1.54) is 12.5 Å². The molecule has 32 heavy (non-hydrogen) atoms. The van der Waals surface area contributed by atoms with Crippen molar-refractivity contribution in [3.63, 3.8) is 0 Å². The first kappa shape index (κ1) is 25.0. The molecule has 0 atom stereocenters. The van der Waals surface area contributed by atoms with Crippen LogP contribution < -0.4 is 4.74 Å². The van der Waals surface area contributed by atoms with Gasteiger partial charge in [-0.15, -0.1) is 0 Å². The average Bonchev–Trinajstić information content (AvgIpc) is 2.76. The zero-order valence-corrected chi connectivity index (χ0v) is 19.2. The van der Waals surface area contributed by atoms with Gasteiger partial charge in [0.05, 0.1) is 24.2 Å². The summed E-state index contributed by atoms with van der Waals surface area (Å²) in [6, 6.07) is 17.9. The second-order valence-corrected chi connectivity index (χ2v) is 8.62. The zero-order valence-electron chi connectivity index (χ0n) is 19.2. The first-order chi connectivity index (χ1) is 15.2. The summed E-state index contributed by atoms with van der Waals surface area (Å²) >= 11 is 0. The third-order valence-corrected chi connectivity index (χ3v) is 4.80. The molecular weight excluding hydrogens is 408 g/mol. The van der Waals surface area contributed by atoms with Gasteiger partial charge in [0.25, 0.3) is 0 Å². The minimum atomic E-state index is -0.683. The van der Waals surface area contributed by atoms with Gasteiger partial charge in [-0.05, 0) is 58.4 Å². The molecule has 2 aromatic rings. The fraction of sp³-hybridized carbons (Fsp3) is 0.385. The summed E-state index contributed by atoms with van der Waals surface area (Å²) in [5, 5.41) is 0. The Bertz CT molecular complexity index is 872. The number of carbonyl (C=O) groups is 2. The van der Waals surface area contributed by atoms with Crippen LogP contribution in [-0.2, 0) is 19.0 Å². The normalized spacial score (nSPS) is 11.8. The SMILES string of the molecule is CC(C)(CCO/C=C/OCCC(C)(C)C(=O)Oc1ccccc1)OC(=O)c1ccccc1. The third-order valence-electron chi connectivity index (χ3n) is 4.80. The number of para-hydroxylation sites is 1. The smallest absolute Gasteiger partial charge is 0.338 e. The van der Waals surface area contributed by atoms with Crippen molar-refractivity contribution in [3.05, 3.63) is 78.8 Å². The van der Waals surface area contributed by atoms with Crippen LogP contribution in [0.1, 0.15) is 50.9 Å². The molecule has 0 spiro atoms. The quantitative estimate of drug-likeness (QED) is 0.187. The Balaban J connectivity index is 1.62. The molecule has 0 aromatic heterocycles. The second kappa shape index (κ2) is 11.9. The first-order valence-corrected chi connectivity index (χ1v) is 10.6. The molecular formula is C26H32O6. The second-order valence-electron chi connectivity index (χ2n) is 8.62. The first-order valence-electron chi connectivity index (χ1n) is 10.6. The summed E-state index contributed by atoms with van der Waals surface area (Å²) in [6.45, 7) is 8.03. The van der Waals surface area contributed by atoms with Gasteiger partial charge in [-0.1, -0.05) is 36.4 Å². The van der Waals surface area contributed by atoms with Gasteiger partial charge < -0.3 is 18.9 Å². The lowest BCUT2D eigenvalue weighted by atomic mass is 9.90. The van der Waals surface area contributed by atoms with Gasteiger partial charge in [-0.2, -0.15) is 0 Å². The molecule has 0 amide bonds. The highest BCUT2D eigenvalue weighted by molar-refractivity contribution is 5.89. The number of ether oxygens (including phenoxy) is 4. The van der Waals surface area contributed by atoms with Crippen molar-refractivity contribution in [3.8, 4) is 5.75 Å². The number of hydrogen-bond acceptors (Lipinski definition) is 6. The molecule has 0 unspecified atom stereocenters. The topological polar surface area (TPSA) is 71.1 Å². The summed E-state index contributed by atoms with van der Waals surface area (Å²) in [5.41, 5.74) is -0.826. The number of carbonyl (C=O) groups excluding carboxylic acids is 2. The molecule has 0 saturated heterocycles. The summed E-state index contributed by atoms with van der Waals surface area (Å²) < 4.78 is 21.8. The molecule has 2 rings (SSSR count). The highest BCUT2D eigenvalue weighted by Gasteiger charge is 2.29. The maximum absolute atomic E-state index is 12.3. The summed E-state index contributed by atoms with van der Waals surface area (Å²) in [4.78, 5) is 24.5. The van der Waals surface area contributed by atoms with E-state index in [1.807, 2.05) is 52.0 Å². The van der Waals surface area contributed by atoms with Gasteiger partial charge in [0.1, 0.15) is 23.9 Å². The Morgan fingerprint density at radius 2 is 1.31 bits per heavy atom. The van der Waals surface area contributed by atoms with Crippen molar-refractivity contribution in [2.45, 2.75) is 46.1 Å². The molecule has 172 valence electrons. The predicted molar refractivity (Wildman–Crippen MR) is 122 cm³/mol. The largest absolute Gasteiger partial charge is 0.498 e. The van der Waals surface area contributed by atoms with Crippen molar-refractivity contribution in [1.82, 2.24) is 0 Å². The Labute approximate surface area is 190 Å². The number of rotatable bonds is 12. The van der Waals surface area contributed by atoms with E-state index >= 15 is 0 Å². The molecule has 0 aliphatic heterocycles. The van der Waals surface area contributed by atoms with Crippen LogP contribution in [0.2, 0.25) is 0 Å². The molecule has 0 fully saturated rings. The van der Waals surface area contributed by atoms with Crippen LogP contribution >= 0.6 is 0 Å². The molecule has 0 aliphatic carbocycles. The molecule has 6 nitrogen and oxygen atoms in total. The van der Waals surface area contributed by atoms with Crippen LogP contribution in [0.15, 0.2) is 73.2 Å². The Kier molecular flexibility index (Phi) is 9.32. The van der Waals surface area contributed by atoms with Crippen LogP contribution in [0, 0.1) is 5.41 Å². The standard InChI is InChI=1S/C26H32O6/c1-25(2,24(28)31-22-13-9-6-10-14-22)15-17-29-19-20-30-18-16-26(3,4)32-23(27)21-11-7-5-8-12-21/h5-14,19-20H,15-18H2,1-4H3/b20-19+. The van der Waals surface area contributed by atoms with Crippen LogP contribution in [-0.4, -0.2) is 30.8 Å².